The molecule has 138 valence electrons. The van der Waals surface area contributed by atoms with Crippen LogP contribution in [0.5, 0.6) is 5.75 Å². The molecule has 0 aliphatic carbocycles. The van der Waals surface area contributed by atoms with Crippen molar-refractivity contribution in [3.63, 3.8) is 0 Å². The van der Waals surface area contributed by atoms with Gasteiger partial charge in [-0.15, -0.1) is 0 Å². The maximum absolute atomic E-state index is 12.8. The summed E-state index contributed by atoms with van der Waals surface area (Å²) < 4.78 is 26.8. The Morgan fingerprint density at radius 3 is 2.52 bits per heavy atom. The Labute approximate surface area is 146 Å². The molecule has 1 aromatic rings. The van der Waals surface area contributed by atoms with Crippen LogP contribution in [0.3, 0.4) is 0 Å². The lowest BCUT2D eigenvalue weighted by Crippen LogP contribution is -2.57. The molecular formula is C16H22N2O6S. The molecule has 2 N–H and O–H groups in total. The average Bonchev–Trinajstić information content (AvgIpc) is 2.51. The van der Waals surface area contributed by atoms with Gasteiger partial charge in [0.25, 0.3) is 0 Å². The van der Waals surface area contributed by atoms with Gasteiger partial charge in [-0.2, -0.15) is 4.31 Å². The molecule has 1 fully saturated rings. The Kier molecular flexibility index (Phi) is 5.38. The molecule has 8 nitrogen and oxygen atoms in total. The van der Waals surface area contributed by atoms with E-state index in [2.05, 4.69) is 0 Å². The van der Waals surface area contributed by atoms with Crippen LogP contribution in [0.4, 0.5) is 0 Å². The molecule has 1 amide bonds. The molecule has 0 bridgehead atoms. The molecule has 1 heterocycles. The van der Waals surface area contributed by atoms with E-state index in [9.17, 15) is 23.1 Å². The molecule has 1 atom stereocenters. The number of hydrogen-bond acceptors (Lipinski definition) is 5. The van der Waals surface area contributed by atoms with Crippen LogP contribution >= 0.6 is 0 Å². The summed E-state index contributed by atoms with van der Waals surface area (Å²) in [6, 6.07) is 2.19. The molecular weight excluding hydrogens is 348 g/mol. The van der Waals surface area contributed by atoms with E-state index < -0.39 is 33.3 Å². The summed E-state index contributed by atoms with van der Waals surface area (Å²) in [5.41, 5.74) is -0.501. The summed E-state index contributed by atoms with van der Waals surface area (Å²) in [4.78, 5) is 24.9. The number of benzene rings is 1. The molecule has 1 aliphatic heterocycles. The van der Waals surface area contributed by atoms with E-state index in [-0.39, 0.29) is 29.8 Å². The fourth-order valence-corrected chi connectivity index (χ4v) is 4.45. The van der Waals surface area contributed by atoms with Crippen LogP contribution < -0.4 is 0 Å². The zero-order valence-electron chi connectivity index (χ0n) is 14.3. The van der Waals surface area contributed by atoms with Gasteiger partial charge in [-0.25, -0.2) is 13.2 Å². The van der Waals surface area contributed by atoms with Crippen molar-refractivity contribution in [2.75, 3.05) is 19.6 Å². The number of piperazine rings is 1. The van der Waals surface area contributed by atoms with Crippen LogP contribution in [0.2, 0.25) is 0 Å². The number of amides is 1. The number of nitrogens with zero attached hydrogens (tertiary/aromatic N) is 2. The van der Waals surface area contributed by atoms with Crippen LogP contribution in [0, 0.1) is 5.92 Å². The molecule has 0 radical (unpaired) electrons. The van der Waals surface area contributed by atoms with Crippen molar-refractivity contribution in [3.8, 4) is 5.75 Å². The lowest BCUT2D eigenvalue weighted by atomic mass is 10.1. The third-order valence-electron chi connectivity index (χ3n) is 4.08. The van der Waals surface area contributed by atoms with Crippen molar-refractivity contribution in [1.82, 2.24) is 9.21 Å². The first kappa shape index (κ1) is 19.2. The van der Waals surface area contributed by atoms with Gasteiger partial charge in [0.2, 0.25) is 15.9 Å². The highest BCUT2D eigenvalue weighted by atomic mass is 32.2. The minimum Gasteiger partial charge on any atom is -0.507 e. The zero-order valence-corrected chi connectivity index (χ0v) is 15.2. The molecule has 0 spiro atoms. The third kappa shape index (κ3) is 3.77. The second-order valence-electron chi connectivity index (χ2n) is 6.45. The molecule has 1 aromatic carbocycles. The maximum atomic E-state index is 12.8. The number of phenols is 1. The van der Waals surface area contributed by atoms with E-state index in [1.165, 1.54) is 6.92 Å². The summed E-state index contributed by atoms with van der Waals surface area (Å²) in [6.07, 6.45) is 0. The van der Waals surface area contributed by atoms with E-state index in [0.717, 1.165) is 22.5 Å². The molecule has 25 heavy (non-hydrogen) atoms. The van der Waals surface area contributed by atoms with Crippen LogP contribution in [0.25, 0.3) is 0 Å². The number of carboxylic acid groups (broad SMARTS) is 1. The van der Waals surface area contributed by atoms with Gasteiger partial charge in [-0.1, -0.05) is 13.8 Å². The summed E-state index contributed by atoms with van der Waals surface area (Å²) in [7, 11) is -4.06. The number of rotatable bonds is 5. The number of aromatic hydroxyl groups is 1. The van der Waals surface area contributed by atoms with Crippen LogP contribution in [-0.2, 0) is 14.8 Å². The van der Waals surface area contributed by atoms with Gasteiger partial charge in [0, 0.05) is 19.6 Å². The Morgan fingerprint density at radius 1 is 1.32 bits per heavy atom. The lowest BCUT2D eigenvalue weighted by Gasteiger charge is -2.38. The average molecular weight is 370 g/mol. The summed E-state index contributed by atoms with van der Waals surface area (Å²) in [5.74, 6) is -1.95. The standard InChI is InChI=1S/C16H22N2O6S/c1-10(2)9-17-6-7-18(11(3)15(17)20)25(23,24)12-4-5-14(19)13(8-12)16(21)22/h4-5,8,10-11,19H,6-7,9H2,1-3H3,(H,21,22). The van der Waals surface area contributed by atoms with Gasteiger partial charge in [-0.3, -0.25) is 4.79 Å². The summed E-state index contributed by atoms with van der Waals surface area (Å²) in [6.45, 7) is 6.44. The molecule has 9 heteroatoms. The maximum Gasteiger partial charge on any atom is 0.339 e. The molecule has 1 aliphatic rings. The van der Waals surface area contributed by atoms with Crippen LogP contribution in [0.15, 0.2) is 23.1 Å². The molecule has 0 aromatic heterocycles. The number of carboxylic acids is 1. The van der Waals surface area contributed by atoms with E-state index in [1.54, 1.807) is 4.90 Å². The van der Waals surface area contributed by atoms with E-state index in [1.807, 2.05) is 13.8 Å². The quantitative estimate of drug-likeness (QED) is 0.798. The van der Waals surface area contributed by atoms with Crippen molar-refractivity contribution in [3.05, 3.63) is 23.8 Å². The van der Waals surface area contributed by atoms with Crippen molar-refractivity contribution in [2.24, 2.45) is 5.92 Å². The fraction of sp³-hybridized carbons (Fsp3) is 0.500. The number of carbonyl (C=O) groups excluding carboxylic acids is 1. The van der Waals surface area contributed by atoms with Gasteiger partial charge >= 0.3 is 5.97 Å². The topological polar surface area (TPSA) is 115 Å². The largest absolute Gasteiger partial charge is 0.507 e. The monoisotopic (exact) mass is 370 g/mol. The van der Waals surface area contributed by atoms with Gasteiger partial charge in [0.15, 0.2) is 0 Å². The Bertz CT molecular complexity index is 790. The van der Waals surface area contributed by atoms with Crippen molar-refractivity contribution < 1.29 is 28.2 Å². The van der Waals surface area contributed by atoms with Gasteiger partial charge in [0.05, 0.1) is 4.90 Å². The second kappa shape index (κ2) is 7.01. The molecule has 0 saturated carbocycles. The third-order valence-corrected chi connectivity index (χ3v) is 6.05. The number of carbonyl (C=O) groups is 2. The van der Waals surface area contributed by atoms with Gasteiger partial charge in [-0.05, 0) is 31.0 Å². The van der Waals surface area contributed by atoms with E-state index in [4.69, 9.17) is 5.11 Å². The van der Waals surface area contributed by atoms with E-state index in [0.29, 0.717) is 6.54 Å². The second-order valence-corrected chi connectivity index (χ2v) is 8.34. The molecule has 2 rings (SSSR count). The number of aromatic carboxylic acids is 1. The van der Waals surface area contributed by atoms with E-state index >= 15 is 0 Å². The lowest BCUT2D eigenvalue weighted by molar-refractivity contribution is -0.138. The minimum absolute atomic E-state index is 0.130. The summed E-state index contributed by atoms with van der Waals surface area (Å²) >= 11 is 0. The highest BCUT2D eigenvalue weighted by molar-refractivity contribution is 7.89. The minimum atomic E-state index is -4.06. The zero-order chi connectivity index (χ0) is 18.9. The smallest absolute Gasteiger partial charge is 0.339 e. The number of hydrogen-bond donors (Lipinski definition) is 2. The number of sulfonamides is 1. The Morgan fingerprint density at radius 2 is 1.96 bits per heavy atom. The summed E-state index contributed by atoms with van der Waals surface area (Å²) in [5, 5.41) is 18.6. The molecule has 1 saturated heterocycles. The van der Waals surface area contributed by atoms with Gasteiger partial charge < -0.3 is 15.1 Å². The van der Waals surface area contributed by atoms with Crippen LogP contribution in [0.1, 0.15) is 31.1 Å². The first-order chi connectivity index (χ1) is 11.6. The molecule has 1 unspecified atom stereocenters. The normalized spacial score (nSPS) is 19.4. The van der Waals surface area contributed by atoms with Gasteiger partial charge in [0.1, 0.15) is 17.4 Å². The SMILES string of the molecule is CC(C)CN1CCN(S(=O)(=O)c2ccc(O)c(C(=O)O)c2)C(C)C1=O. The predicted molar refractivity (Wildman–Crippen MR) is 89.8 cm³/mol. The van der Waals surface area contributed by atoms with Crippen molar-refractivity contribution >= 4 is 21.9 Å². The first-order valence-electron chi connectivity index (χ1n) is 7.92. The van der Waals surface area contributed by atoms with Crippen molar-refractivity contribution in [1.29, 1.82) is 0 Å². The highest BCUT2D eigenvalue weighted by Gasteiger charge is 2.39. The van der Waals surface area contributed by atoms with Crippen molar-refractivity contribution in [2.45, 2.75) is 31.7 Å². The Hall–Kier alpha value is -2.13. The first-order valence-corrected chi connectivity index (χ1v) is 9.36. The highest BCUT2D eigenvalue weighted by Crippen LogP contribution is 2.26. The predicted octanol–water partition coefficient (Wildman–Crippen LogP) is 0.968. The fourth-order valence-electron chi connectivity index (χ4n) is 2.84. The van der Waals surface area contributed by atoms with Crippen LogP contribution in [-0.4, -0.2) is 65.4 Å². The Balaban J connectivity index is 2.33.